The number of carbonyl (C=O) groups is 1. The number of anilines is 1. The summed E-state index contributed by atoms with van der Waals surface area (Å²) < 4.78 is 5.18. The lowest BCUT2D eigenvalue weighted by Gasteiger charge is -2.20. The highest BCUT2D eigenvalue weighted by molar-refractivity contribution is 5.67. The van der Waals surface area contributed by atoms with E-state index in [1.165, 1.54) is 25.7 Å². The number of hydrogen-bond donors (Lipinski definition) is 3. The van der Waals surface area contributed by atoms with Gasteiger partial charge in [-0.3, -0.25) is 0 Å². The molecule has 5 heteroatoms. The number of ether oxygens (including phenoxy) is 1. The summed E-state index contributed by atoms with van der Waals surface area (Å²) in [6, 6.07) is 7.90. The van der Waals surface area contributed by atoms with E-state index in [-0.39, 0.29) is 0 Å². The van der Waals surface area contributed by atoms with Crippen LogP contribution in [0.1, 0.15) is 64.5 Å². The lowest BCUT2D eigenvalue weighted by Crippen LogP contribution is -2.33. The first kappa shape index (κ1) is 19.6. The fourth-order valence-electron chi connectivity index (χ4n) is 3.12. The van der Waals surface area contributed by atoms with Crippen LogP contribution in [0.2, 0.25) is 0 Å². The number of aliphatic hydroxyl groups is 1. The van der Waals surface area contributed by atoms with Gasteiger partial charge in [-0.25, -0.2) is 4.79 Å². The molecule has 2 rings (SSSR count). The van der Waals surface area contributed by atoms with Crippen LogP contribution in [0.15, 0.2) is 24.3 Å². The Morgan fingerprint density at radius 1 is 1.32 bits per heavy atom. The number of amides is 1. The third-order valence-electron chi connectivity index (χ3n) is 4.43. The number of nitrogens with one attached hydrogen (secondary N) is 2. The average Bonchev–Trinajstić information content (AvgIpc) is 3.05. The molecule has 1 aliphatic carbocycles. The Hall–Kier alpha value is -1.75. The molecule has 1 saturated carbocycles. The topological polar surface area (TPSA) is 70.6 Å². The average molecular weight is 348 g/mol. The molecule has 1 aliphatic rings. The predicted molar refractivity (Wildman–Crippen MR) is 101 cm³/mol. The second kappa shape index (κ2) is 9.09. The number of benzene rings is 1. The van der Waals surface area contributed by atoms with Crippen LogP contribution in [-0.4, -0.2) is 29.9 Å². The maximum absolute atomic E-state index is 11.6. The molecule has 3 N–H and O–H groups in total. The minimum absolute atomic E-state index is 0.371. The highest BCUT2D eigenvalue weighted by Crippen LogP contribution is 2.26. The van der Waals surface area contributed by atoms with Crippen molar-refractivity contribution in [2.24, 2.45) is 5.92 Å². The molecule has 0 radical (unpaired) electrons. The third kappa shape index (κ3) is 7.34. The monoisotopic (exact) mass is 348 g/mol. The minimum Gasteiger partial charge on any atom is -0.444 e. The van der Waals surface area contributed by atoms with E-state index >= 15 is 0 Å². The van der Waals surface area contributed by atoms with E-state index in [9.17, 15) is 9.90 Å². The predicted octanol–water partition coefficient (Wildman–Crippen LogP) is 4.24. The molecule has 0 spiro atoms. The summed E-state index contributed by atoms with van der Waals surface area (Å²) in [5, 5.41) is 16.5. The molecule has 5 nitrogen and oxygen atoms in total. The van der Waals surface area contributed by atoms with E-state index in [4.69, 9.17) is 4.74 Å². The van der Waals surface area contributed by atoms with Gasteiger partial charge >= 0.3 is 6.09 Å². The molecule has 1 amide bonds. The summed E-state index contributed by atoms with van der Waals surface area (Å²) in [6.07, 6.45) is 4.70. The first-order chi connectivity index (χ1) is 11.8. The Bertz CT molecular complexity index is 548. The summed E-state index contributed by atoms with van der Waals surface area (Å²) >= 11 is 0. The molecular weight excluding hydrogens is 316 g/mol. The van der Waals surface area contributed by atoms with Crippen molar-refractivity contribution in [1.82, 2.24) is 5.32 Å². The number of carbonyl (C=O) groups excluding carboxylic acids is 1. The smallest absolute Gasteiger partial charge is 0.407 e. The fourth-order valence-corrected chi connectivity index (χ4v) is 3.12. The minimum atomic E-state index is -0.608. The van der Waals surface area contributed by atoms with Crippen molar-refractivity contribution in [2.75, 3.05) is 18.4 Å². The highest BCUT2D eigenvalue weighted by Gasteiger charge is 2.17. The Kier molecular flexibility index (Phi) is 7.12. The van der Waals surface area contributed by atoms with Crippen LogP contribution in [0.4, 0.5) is 10.5 Å². The van der Waals surface area contributed by atoms with Crippen molar-refractivity contribution in [2.45, 2.75) is 64.6 Å². The zero-order valence-corrected chi connectivity index (χ0v) is 15.7. The first-order valence-corrected chi connectivity index (χ1v) is 9.32. The number of alkyl carbamates (subject to hydrolysis) is 1. The molecule has 0 aliphatic heterocycles. The quantitative estimate of drug-likeness (QED) is 0.689. The first-order valence-electron chi connectivity index (χ1n) is 9.32. The van der Waals surface area contributed by atoms with Crippen molar-refractivity contribution in [1.29, 1.82) is 0 Å². The largest absolute Gasteiger partial charge is 0.444 e. The molecule has 1 atom stereocenters. The second-order valence-electron chi connectivity index (χ2n) is 7.89. The van der Waals surface area contributed by atoms with Crippen molar-refractivity contribution in [3.05, 3.63) is 29.8 Å². The van der Waals surface area contributed by atoms with E-state index in [1.54, 1.807) is 0 Å². The van der Waals surface area contributed by atoms with Crippen LogP contribution in [-0.2, 0) is 4.74 Å². The maximum atomic E-state index is 11.6. The molecule has 140 valence electrons. The molecule has 1 aromatic carbocycles. The van der Waals surface area contributed by atoms with Crippen LogP contribution in [0.3, 0.4) is 0 Å². The Morgan fingerprint density at radius 3 is 2.72 bits per heavy atom. The summed E-state index contributed by atoms with van der Waals surface area (Å²) in [5.74, 6) is 0.770. The van der Waals surface area contributed by atoms with E-state index < -0.39 is 17.8 Å². The van der Waals surface area contributed by atoms with Crippen LogP contribution in [0.5, 0.6) is 0 Å². The van der Waals surface area contributed by atoms with Gasteiger partial charge < -0.3 is 20.5 Å². The van der Waals surface area contributed by atoms with Gasteiger partial charge in [-0.05, 0) is 63.6 Å². The Balaban J connectivity index is 1.76. The summed E-state index contributed by atoms with van der Waals surface area (Å²) in [4.78, 5) is 11.6. The Labute approximate surface area is 151 Å². The van der Waals surface area contributed by atoms with Gasteiger partial charge in [0.15, 0.2) is 0 Å². The van der Waals surface area contributed by atoms with E-state index in [2.05, 4.69) is 10.6 Å². The molecule has 1 unspecified atom stereocenters. The number of aliphatic hydroxyl groups excluding tert-OH is 1. The number of rotatable bonds is 7. The van der Waals surface area contributed by atoms with Gasteiger partial charge in [-0.15, -0.1) is 0 Å². The molecule has 1 fully saturated rings. The third-order valence-corrected chi connectivity index (χ3v) is 4.43. The SMILES string of the molecule is CC(C)(C)OC(=O)NCCC(O)c1cccc(NCC2CCCC2)c1. The van der Waals surface area contributed by atoms with E-state index in [1.807, 2.05) is 45.0 Å². The van der Waals surface area contributed by atoms with Crippen molar-refractivity contribution < 1.29 is 14.6 Å². The van der Waals surface area contributed by atoms with Crippen molar-refractivity contribution >= 4 is 11.8 Å². The lowest BCUT2D eigenvalue weighted by molar-refractivity contribution is 0.0518. The molecule has 0 bridgehead atoms. The molecule has 1 aromatic rings. The van der Waals surface area contributed by atoms with Gasteiger partial charge in [0.1, 0.15) is 5.60 Å². The van der Waals surface area contributed by atoms with E-state index in [0.717, 1.165) is 23.7 Å². The van der Waals surface area contributed by atoms with Gasteiger partial charge in [-0.1, -0.05) is 25.0 Å². The summed E-state index contributed by atoms with van der Waals surface area (Å²) in [6.45, 7) is 6.85. The Morgan fingerprint density at radius 2 is 2.04 bits per heavy atom. The molecule has 0 heterocycles. The van der Waals surface area contributed by atoms with Crippen LogP contribution < -0.4 is 10.6 Å². The molecular formula is C20H32N2O3. The molecule has 0 saturated heterocycles. The zero-order valence-electron chi connectivity index (χ0n) is 15.7. The standard InChI is InChI=1S/C20H32N2O3/c1-20(2,3)25-19(24)21-12-11-18(23)16-9-6-10-17(13-16)22-14-15-7-4-5-8-15/h6,9-10,13,15,18,22-23H,4-5,7-8,11-12,14H2,1-3H3,(H,21,24). The lowest BCUT2D eigenvalue weighted by atomic mass is 10.1. The van der Waals surface area contributed by atoms with Crippen molar-refractivity contribution in [3.8, 4) is 0 Å². The van der Waals surface area contributed by atoms with Crippen molar-refractivity contribution in [3.63, 3.8) is 0 Å². The van der Waals surface area contributed by atoms with Gasteiger partial charge in [0.25, 0.3) is 0 Å². The maximum Gasteiger partial charge on any atom is 0.407 e. The van der Waals surface area contributed by atoms with E-state index in [0.29, 0.717) is 13.0 Å². The highest BCUT2D eigenvalue weighted by atomic mass is 16.6. The number of hydrogen-bond acceptors (Lipinski definition) is 4. The van der Waals surface area contributed by atoms with Gasteiger partial charge in [0.05, 0.1) is 6.10 Å². The zero-order chi connectivity index (χ0) is 18.3. The van der Waals surface area contributed by atoms with Crippen LogP contribution >= 0.6 is 0 Å². The van der Waals surface area contributed by atoms with Gasteiger partial charge in [-0.2, -0.15) is 0 Å². The summed E-state index contributed by atoms with van der Waals surface area (Å²) in [5.41, 5.74) is 1.40. The molecule has 0 aromatic heterocycles. The van der Waals surface area contributed by atoms with Gasteiger partial charge in [0.2, 0.25) is 0 Å². The fraction of sp³-hybridized carbons (Fsp3) is 0.650. The van der Waals surface area contributed by atoms with Crippen LogP contribution in [0.25, 0.3) is 0 Å². The van der Waals surface area contributed by atoms with Gasteiger partial charge in [0, 0.05) is 18.8 Å². The summed E-state index contributed by atoms with van der Waals surface area (Å²) in [7, 11) is 0. The molecule has 25 heavy (non-hydrogen) atoms. The van der Waals surface area contributed by atoms with Crippen LogP contribution in [0, 0.1) is 5.92 Å². The second-order valence-corrected chi connectivity index (χ2v) is 7.89. The normalized spacial score (nSPS) is 16.5.